The molecular weight excluding hydrogens is 402 g/mol. The van der Waals surface area contributed by atoms with Crippen LogP contribution in [0.2, 0.25) is 0 Å². The van der Waals surface area contributed by atoms with Gasteiger partial charge in [-0.25, -0.2) is 0 Å². The first-order valence-corrected chi connectivity index (χ1v) is 11.1. The molecule has 0 radical (unpaired) electrons. The zero-order valence-electron chi connectivity index (χ0n) is 18.8. The normalized spacial score (nSPS) is 15.9. The second-order valence-corrected chi connectivity index (χ2v) is 8.23. The van der Waals surface area contributed by atoms with E-state index >= 15 is 0 Å². The fraction of sp³-hybridized carbons (Fsp3) is 0.346. The molecule has 1 aliphatic heterocycles. The number of methoxy groups -OCH3 is 1. The van der Waals surface area contributed by atoms with Crippen LogP contribution in [-0.2, 0) is 4.79 Å². The number of carbonyl (C=O) groups excluding carboxylic acids is 1. The highest BCUT2D eigenvalue weighted by atomic mass is 16.5. The highest BCUT2D eigenvalue weighted by Crippen LogP contribution is 2.24. The molecule has 0 bridgehead atoms. The van der Waals surface area contributed by atoms with E-state index in [4.69, 9.17) is 9.47 Å². The van der Waals surface area contributed by atoms with Crippen molar-refractivity contribution in [3.8, 4) is 11.5 Å². The Bertz CT molecular complexity index is 1030. The number of nitrogens with zero attached hydrogens (tertiary/aromatic N) is 2. The molecule has 6 nitrogen and oxygen atoms in total. The number of piperazine rings is 1. The lowest BCUT2D eigenvalue weighted by molar-refractivity contribution is -0.123. The van der Waals surface area contributed by atoms with Crippen LogP contribution in [0.15, 0.2) is 66.7 Å². The summed E-state index contributed by atoms with van der Waals surface area (Å²) in [4.78, 5) is 17.3. The van der Waals surface area contributed by atoms with E-state index < -0.39 is 0 Å². The maximum absolute atomic E-state index is 12.6. The van der Waals surface area contributed by atoms with Crippen LogP contribution in [0.3, 0.4) is 0 Å². The summed E-state index contributed by atoms with van der Waals surface area (Å²) in [6.45, 7) is 4.51. The quantitative estimate of drug-likeness (QED) is 0.591. The highest BCUT2D eigenvalue weighted by Gasteiger charge is 2.24. The van der Waals surface area contributed by atoms with Crippen LogP contribution < -0.4 is 14.8 Å². The third kappa shape index (κ3) is 5.58. The van der Waals surface area contributed by atoms with E-state index in [0.717, 1.165) is 42.7 Å². The van der Waals surface area contributed by atoms with E-state index in [9.17, 15) is 4.79 Å². The molecule has 1 N–H and O–H groups in total. The topological polar surface area (TPSA) is 54.0 Å². The average molecular weight is 434 g/mol. The van der Waals surface area contributed by atoms with Crippen molar-refractivity contribution in [2.45, 2.75) is 6.04 Å². The first-order chi connectivity index (χ1) is 15.6. The van der Waals surface area contributed by atoms with E-state index in [0.29, 0.717) is 12.3 Å². The van der Waals surface area contributed by atoms with Gasteiger partial charge in [-0.05, 0) is 47.6 Å². The predicted octanol–water partition coefficient (Wildman–Crippen LogP) is 3.33. The molecule has 1 fully saturated rings. The number of likely N-dealkylation sites (N-methyl/N-ethyl adjacent to an activating group) is 1. The number of hydrogen-bond donors (Lipinski definition) is 1. The van der Waals surface area contributed by atoms with Crippen molar-refractivity contribution in [3.05, 3.63) is 72.3 Å². The standard InChI is InChI=1S/C26H31N3O3/c1-28-13-15-29(16-14-28)25(21-8-10-23(31-2)11-9-21)18-27-26(30)19-32-24-12-7-20-5-3-4-6-22(20)17-24/h3-12,17,25H,13-16,18-19H2,1-2H3,(H,27,30). The monoisotopic (exact) mass is 433 g/mol. The number of nitrogens with one attached hydrogen (secondary N) is 1. The number of benzene rings is 3. The van der Waals surface area contributed by atoms with E-state index in [1.165, 1.54) is 5.56 Å². The van der Waals surface area contributed by atoms with Crippen LogP contribution in [0.4, 0.5) is 0 Å². The molecule has 1 atom stereocenters. The van der Waals surface area contributed by atoms with Crippen molar-refractivity contribution in [2.75, 3.05) is 53.5 Å². The summed E-state index contributed by atoms with van der Waals surface area (Å²) in [5, 5.41) is 5.32. The number of fused-ring (bicyclic) bond motifs is 1. The van der Waals surface area contributed by atoms with Gasteiger partial charge in [-0.15, -0.1) is 0 Å². The maximum Gasteiger partial charge on any atom is 0.258 e. The minimum Gasteiger partial charge on any atom is -0.497 e. The van der Waals surface area contributed by atoms with Crippen molar-refractivity contribution < 1.29 is 14.3 Å². The molecule has 6 heteroatoms. The summed E-state index contributed by atoms with van der Waals surface area (Å²) in [6.07, 6.45) is 0. The number of hydrogen-bond acceptors (Lipinski definition) is 5. The lowest BCUT2D eigenvalue weighted by atomic mass is 10.0. The Morgan fingerprint density at radius 2 is 1.62 bits per heavy atom. The smallest absolute Gasteiger partial charge is 0.258 e. The maximum atomic E-state index is 12.6. The molecule has 1 heterocycles. The number of rotatable bonds is 8. The molecular formula is C26H31N3O3. The zero-order valence-corrected chi connectivity index (χ0v) is 18.8. The molecule has 1 amide bonds. The van der Waals surface area contributed by atoms with Crippen molar-refractivity contribution in [3.63, 3.8) is 0 Å². The SMILES string of the molecule is COc1ccc(C(CNC(=O)COc2ccc3ccccc3c2)N2CCN(C)CC2)cc1. The Morgan fingerprint density at radius 3 is 2.34 bits per heavy atom. The van der Waals surface area contributed by atoms with Crippen molar-refractivity contribution in [2.24, 2.45) is 0 Å². The Kier molecular flexibility index (Phi) is 7.24. The van der Waals surface area contributed by atoms with E-state index in [2.05, 4.69) is 40.4 Å². The van der Waals surface area contributed by atoms with Crippen molar-refractivity contribution in [1.82, 2.24) is 15.1 Å². The lowest BCUT2D eigenvalue weighted by Crippen LogP contribution is -2.48. The summed E-state index contributed by atoms with van der Waals surface area (Å²) in [5.74, 6) is 1.41. The lowest BCUT2D eigenvalue weighted by Gasteiger charge is -2.38. The molecule has 3 aromatic carbocycles. The first kappa shape index (κ1) is 22.1. The first-order valence-electron chi connectivity index (χ1n) is 11.1. The van der Waals surface area contributed by atoms with E-state index in [1.807, 2.05) is 48.5 Å². The predicted molar refractivity (Wildman–Crippen MR) is 127 cm³/mol. The molecule has 0 aliphatic carbocycles. The zero-order chi connectivity index (χ0) is 22.3. The van der Waals surface area contributed by atoms with Crippen molar-refractivity contribution >= 4 is 16.7 Å². The average Bonchev–Trinajstić information content (AvgIpc) is 2.84. The molecule has 1 saturated heterocycles. The molecule has 0 saturated carbocycles. The van der Waals surface area contributed by atoms with Gasteiger partial charge in [0.1, 0.15) is 11.5 Å². The molecule has 1 aliphatic rings. The van der Waals surface area contributed by atoms with Gasteiger partial charge in [0, 0.05) is 32.7 Å². The van der Waals surface area contributed by atoms with E-state index in [-0.39, 0.29) is 18.6 Å². The third-order valence-electron chi connectivity index (χ3n) is 6.06. The number of amides is 1. The van der Waals surface area contributed by atoms with Gasteiger partial charge < -0.3 is 19.7 Å². The van der Waals surface area contributed by atoms with E-state index in [1.54, 1.807) is 7.11 Å². The Labute approximate surface area is 189 Å². The second-order valence-electron chi connectivity index (χ2n) is 8.23. The largest absolute Gasteiger partial charge is 0.497 e. The fourth-order valence-corrected chi connectivity index (χ4v) is 4.09. The number of ether oxygens (including phenoxy) is 2. The second kappa shape index (κ2) is 10.5. The fourth-order valence-electron chi connectivity index (χ4n) is 4.09. The minimum atomic E-state index is -0.120. The van der Waals surface area contributed by atoms with Gasteiger partial charge in [-0.2, -0.15) is 0 Å². The summed E-state index contributed by atoms with van der Waals surface area (Å²) in [7, 11) is 3.81. The molecule has 0 aromatic heterocycles. The van der Waals surface area contributed by atoms with Gasteiger partial charge in [0.2, 0.25) is 0 Å². The minimum absolute atomic E-state index is 0.00356. The van der Waals surface area contributed by atoms with Crippen LogP contribution in [0.25, 0.3) is 10.8 Å². The molecule has 32 heavy (non-hydrogen) atoms. The van der Waals surface area contributed by atoms with Crippen LogP contribution in [0.5, 0.6) is 11.5 Å². The van der Waals surface area contributed by atoms with Gasteiger partial charge >= 0.3 is 0 Å². The molecule has 3 aromatic rings. The van der Waals surface area contributed by atoms with Crippen LogP contribution in [0, 0.1) is 0 Å². The summed E-state index contributed by atoms with van der Waals surface area (Å²) in [6, 6.07) is 22.2. The summed E-state index contributed by atoms with van der Waals surface area (Å²) in [5.41, 5.74) is 1.17. The van der Waals surface area contributed by atoms with Crippen LogP contribution >= 0.6 is 0 Å². The molecule has 4 rings (SSSR count). The molecule has 168 valence electrons. The molecule has 0 spiro atoms. The third-order valence-corrected chi connectivity index (χ3v) is 6.06. The van der Waals surface area contributed by atoms with Gasteiger partial charge in [-0.3, -0.25) is 9.69 Å². The van der Waals surface area contributed by atoms with Crippen LogP contribution in [0.1, 0.15) is 11.6 Å². The molecule has 1 unspecified atom stereocenters. The highest BCUT2D eigenvalue weighted by molar-refractivity contribution is 5.84. The summed E-state index contributed by atoms with van der Waals surface area (Å²) < 4.78 is 11.1. The van der Waals surface area contributed by atoms with Gasteiger partial charge in [0.15, 0.2) is 6.61 Å². The van der Waals surface area contributed by atoms with Gasteiger partial charge in [-0.1, -0.05) is 42.5 Å². The van der Waals surface area contributed by atoms with Gasteiger partial charge in [0.25, 0.3) is 5.91 Å². The number of carbonyl (C=O) groups is 1. The Hall–Kier alpha value is -3.09. The van der Waals surface area contributed by atoms with Gasteiger partial charge in [0.05, 0.1) is 13.2 Å². The van der Waals surface area contributed by atoms with Crippen LogP contribution in [-0.4, -0.2) is 69.2 Å². The van der Waals surface area contributed by atoms with Crippen molar-refractivity contribution in [1.29, 1.82) is 0 Å². The Balaban J connectivity index is 1.37. The summed E-state index contributed by atoms with van der Waals surface area (Å²) >= 11 is 0. The Morgan fingerprint density at radius 1 is 0.938 bits per heavy atom.